The minimum Gasteiger partial charge on any atom is -0.368 e. The van der Waals surface area contributed by atoms with Gasteiger partial charge in [0.2, 0.25) is 5.91 Å². The molecule has 0 spiro atoms. The molecular formula is C15H27N3O. The van der Waals surface area contributed by atoms with E-state index >= 15 is 0 Å². The van der Waals surface area contributed by atoms with Crippen LogP contribution in [0.25, 0.3) is 0 Å². The summed E-state index contributed by atoms with van der Waals surface area (Å²) in [6.45, 7) is 4.20. The molecule has 0 saturated heterocycles. The van der Waals surface area contributed by atoms with Crippen LogP contribution in [0.3, 0.4) is 0 Å². The maximum Gasteiger partial charge on any atom is 0.239 e. The number of nitrogens with one attached hydrogen (secondary N) is 1. The van der Waals surface area contributed by atoms with Gasteiger partial charge >= 0.3 is 0 Å². The molecule has 0 aliphatic heterocycles. The van der Waals surface area contributed by atoms with Crippen molar-refractivity contribution in [1.82, 2.24) is 10.2 Å². The van der Waals surface area contributed by atoms with Crippen LogP contribution in [-0.2, 0) is 4.79 Å². The van der Waals surface area contributed by atoms with E-state index in [0.717, 1.165) is 37.8 Å². The Bertz CT molecular complexity index is 364. The second kappa shape index (κ2) is 4.74. The molecule has 3 fully saturated rings. The Hall–Kier alpha value is -0.610. The van der Waals surface area contributed by atoms with Crippen molar-refractivity contribution in [2.45, 2.75) is 50.6 Å². The second-order valence-corrected chi connectivity index (χ2v) is 7.20. The lowest BCUT2D eigenvalue weighted by molar-refractivity contribution is -0.126. The van der Waals surface area contributed by atoms with Crippen LogP contribution in [0.2, 0.25) is 0 Å². The number of nitrogens with two attached hydrogens (primary N) is 1. The topological polar surface area (TPSA) is 58.4 Å². The Morgan fingerprint density at radius 1 is 1.37 bits per heavy atom. The van der Waals surface area contributed by atoms with Gasteiger partial charge in [0.05, 0.1) is 0 Å². The lowest BCUT2D eigenvalue weighted by Crippen LogP contribution is -2.63. The molecular weight excluding hydrogens is 238 g/mol. The molecule has 3 aliphatic rings. The van der Waals surface area contributed by atoms with Crippen LogP contribution in [0.5, 0.6) is 0 Å². The summed E-state index contributed by atoms with van der Waals surface area (Å²) in [5.41, 5.74) is 5.32. The summed E-state index contributed by atoms with van der Waals surface area (Å²) in [5.74, 6) is 2.01. The monoisotopic (exact) mass is 265 g/mol. The Labute approximate surface area is 116 Å². The summed E-state index contributed by atoms with van der Waals surface area (Å²) in [4.78, 5) is 14.4. The average Bonchev–Trinajstić information content (AvgIpc) is 3.16. The number of likely N-dealkylation sites (N-methyl/N-ethyl adjacent to an activating group) is 1. The fraction of sp³-hybridized carbons (Fsp3) is 0.933. The molecule has 3 atom stereocenters. The third kappa shape index (κ3) is 2.95. The largest absolute Gasteiger partial charge is 0.368 e. The van der Waals surface area contributed by atoms with E-state index in [2.05, 4.69) is 24.2 Å². The number of carbonyl (C=O) groups is 1. The number of primary amides is 1. The molecule has 19 heavy (non-hydrogen) atoms. The zero-order chi connectivity index (χ0) is 13.6. The van der Waals surface area contributed by atoms with E-state index in [0.29, 0.717) is 12.0 Å². The lowest BCUT2D eigenvalue weighted by atomic mass is 9.91. The van der Waals surface area contributed by atoms with Gasteiger partial charge in [-0.15, -0.1) is 0 Å². The molecule has 3 rings (SSSR count). The number of carbonyl (C=O) groups excluding carboxylic acids is 1. The predicted molar refractivity (Wildman–Crippen MR) is 75.6 cm³/mol. The highest BCUT2D eigenvalue weighted by Gasteiger charge is 2.52. The van der Waals surface area contributed by atoms with E-state index in [-0.39, 0.29) is 5.91 Å². The van der Waals surface area contributed by atoms with Crippen molar-refractivity contribution in [2.75, 3.05) is 20.1 Å². The number of rotatable bonds is 8. The highest BCUT2D eigenvalue weighted by Crippen LogP contribution is 2.43. The minimum absolute atomic E-state index is 0.141. The molecule has 0 aromatic rings. The highest BCUT2D eigenvalue weighted by atomic mass is 16.1. The van der Waals surface area contributed by atoms with Crippen molar-refractivity contribution in [1.29, 1.82) is 0 Å². The van der Waals surface area contributed by atoms with Gasteiger partial charge in [0.15, 0.2) is 0 Å². The number of hydrogen-bond acceptors (Lipinski definition) is 3. The van der Waals surface area contributed by atoms with Crippen molar-refractivity contribution in [2.24, 2.45) is 23.5 Å². The van der Waals surface area contributed by atoms with E-state index in [1.54, 1.807) is 0 Å². The summed E-state index contributed by atoms with van der Waals surface area (Å²) in [6, 6.07) is 0.529. The molecule has 0 heterocycles. The van der Waals surface area contributed by atoms with Crippen LogP contribution in [0.1, 0.15) is 39.0 Å². The lowest BCUT2D eigenvalue weighted by Gasteiger charge is -2.36. The van der Waals surface area contributed by atoms with Gasteiger partial charge < -0.3 is 10.6 Å². The van der Waals surface area contributed by atoms with E-state index in [9.17, 15) is 4.79 Å². The summed E-state index contributed by atoms with van der Waals surface area (Å²) in [6.07, 6.45) is 6.04. The summed E-state index contributed by atoms with van der Waals surface area (Å²) in [7, 11) is 2.14. The van der Waals surface area contributed by atoms with E-state index in [1.807, 2.05) is 0 Å². The summed E-state index contributed by atoms with van der Waals surface area (Å²) >= 11 is 0. The van der Waals surface area contributed by atoms with Crippen molar-refractivity contribution >= 4 is 5.91 Å². The first-order chi connectivity index (χ1) is 9.01. The molecule has 0 radical (unpaired) electrons. The first kappa shape index (κ1) is 13.4. The molecule has 0 aromatic heterocycles. The van der Waals surface area contributed by atoms with Crippen molar-refractivity contribution in [3.8, 4) is 0 Å². The average molecular weight is 265 g/mol. The molecule has 3 saturated carbocycles. The van der Waals surface area contributed by atoms with Gasteiger partial charge in [-0.3, -0.25) is 10.1 Å². The van der Waals surface area contributed by atoms with Gasteiger partial charge in [-0.25, -0.2) is 0 Å². The maximum absolute atomic E-state index is 12.1. The van der Waals surface area contributed by atoms with E-state index in [4.69, 9.17) is 5.73 Å². The fourth-order valence-electron chi connectivity index (χ4n) is 3.35. The second-order valence-electron chi connectivity index (χ2n) is 7.20. The van der Waals surface area contributed by atoms with Gasteiger partial charge in [0.1, 0.15) is 5.54 Å². The first-order valence-corrected chi connectivity index (χ1v) is 7.77. The number of hydrogen-bond donors (Lipinski definition) is 2. The van der Waals surface area contributed by atoms with E-state index in [1.165, 1.54) is 19.3 Å². The molecule has 3 unspecified atom stereocenters. The smallest absolute Gasteiger partial charge is 0.239 e. The predicted octanol–water partition coefficient (Wildman–Crippen LogP) is 0.960. The Balaban J connectivity index is 1.64. The quantitative estimate of drug-likeness (QED) is 0.687. The zero-order valence-corrected chi connectivity index (χ0v) is 12.2. The SMILES string of the molecule is CC1CC1CN(C)CC(NC1CC1)(C(N)=O)C1CC1. The molecule has 0 bridgehead atoms. The first-order valence-electron chi connectivity index (χ1n) is 7.77. The normalized spacial score (nSPS) is 33.2. The summed E-state index contributed by atoms with van der Waals surface area (Å²) < 4.78 is 0. The summed E-state index contributed by atoms with van der Waals surface area (Å²) in [5, 5.41) is 3.59. The van der Waals surface area contributed by atoms with Gasteiger partial charge in [-0.05, 0) is 56.9 Å². The molecule has 3 N–H and O–H groups in total. The molecule has 3 aliphatic carbocycles. The van der Waals surface area contributed by atoms with Gasteiger partial charge in [-0.2, -0.15) is 0 Å². The van der Waals surface area contributed by atoms with Crippen LogP contribution < -0.4 is 11.1 Å². The number of nitrogens with zero attached hydrogens (tertiary/aromatic N) is 1. The van der Waals surface area contributed by atoms with Crippen LogP contribution in [0, 0.1) is 17.8 Å². The fourth-order valence-corrected chi connectivity index (χ4v) is 3.35. The van der Waals surface area contributed by atoms with E-state index < -0.39 is 5.54 Å². The Kier molecular flexibility index (Phi) is 3.34. The van der Waals surface area contributed by atoms with Crippen LogP contribution in [0.15, 0.2) is 0 Å². The van der Waals surface area contributed by atoms with Crippen LogP contribution in [-0.4, -0.2) is 42.5 Å². The molecule has 108 valence electrons. The Morgan fingerprint density at radius 3 is 2.42 bits per heavy atom. The molecule has 4 heteroatoms. The molecule has 4 nitrogen and oxygen atoms in total. The van der Waals surface area contributed by atoms with Crippen molar-refractivity contribution in [3.63, 3.8) is 0 Å². The Morgan fingerprint density at radius 2 is 2.00 bits per heavy atom. The minimum atomic E-state index is -0.464. The van der Waals surface area contributed by atoms with Crippen molar-refractivity contribution < 1.29 is 4.79 Å². The van der Waals surface area contributed by atoms with Crippen LogP contribution >= 0.6 is 0 Å². The van der Waals surface area contributed by atoms with Gasteiger partial charge in [0, 0.05) is 19.1 Å². The maximum atomic E-state index is 12.1. The van der Waals surface area contributed by atoms with Crippen LogP contribution in [0.4, 0.5) is 0 Å². The number of amides is 1. The standard InChI is InChI=1S/C15H27N3O/c1-10-7-11(10)8-18(2)9-15(14(16)19,12-3-4-12)17-13-5-6-13/h10-13,17H,3-9H2,1-2H3,(H2,16,19). The third-order valence-electron chi connectivity index (χ3n) is 5.09. The third-order valence-corrected chi connectivity index (χ3v) is 5.09. The molecule has 1 amide bonds. The highest BCUT2D eigenvalue weighted by molar-refractivity contribution is 5.86. The molecule has 0 aromatic carbocycles. The van der Waals surface area contributed by atoms with Crippen molar-refractivity contribution in [3.05, 3.63) is 0 Å². The van der Waals surface area contributed by atoms with Gasteiger partial charge in [0.25, 0.3) is 0 Å². The van der Waals surface area contributed by atoms with Gasteiger partial charge in [-0.1, -0.05) is 6.92 Å². The zero-order valence-electron chi connectivity index (χ0n) is 12.2.